The average Bonchev–Trinajstić information content (AvgIpc) is 2.32. The number of imidazole rings is 1. The molecule has 0 fully saturated rings. The molecule has 1 heterocycles. The summed E-state index contributed by atoms with van der Waals surface area (Å²) in [5.74, 6) is -0.174. The van der Waals surface area contributed by atoms with Gasteiger partial charge >= 0.3 is 6.18 Å². The lowest BCUT2D eigenvalue weighted by atomic mass is 10.4. The Hall–Kier alpha value is -1.04. The summed E-state index contributed by atoms with van der Waals surface area (Å²) in [6.45, 7) is -0.329. The smallest absolute Gasteiger partial charge is 0.390 e. The molecule has 3 nitrogen and oxygen atoms in total. The van der Waals surface area contributed by atoms with Gasteiger partial charge in [0.25, 0.3) is 0 Å². The zero-order valence-electron chi connectivity index (χ0n) is 6.02. The van der Waals surface area contributed by atoms with Gasteiger partial charge in [-0.3, -0.25) is 0 Å². The number of aromatic amines is 1. The van der Waals surface area contributed by atoms with E-state index in [-0.39, 0.29) is 18.1 Å². The number of H-pyrrole nitrogens is 1. The van der Waals surface area contributed by atoms with Gasteiger partial charge in [0.1, 0.15) is 12.2 Å². The zero-order valence-corrected chi connectivity index (χ0v) is 6.02. The van der Waals surface area contributed by atoms with Crippen molar-refractivity contribution in [3.05, 3.63) is 17.7 Å². The van der Waals surface area contributed by atoms with Crippen molar-refractivity contribution in [3.63, 3.8) is 0 Å². The summed E-state index contributed by atoms with van der Waals surface area (Å²) in [7, 11) is 0. The van der Waals surface area contributed by atoms with Crippen molar-refractivity contribution in [1.82, 2.24) is 9.97 Å². The van der Waals surface area contributed by atoms with E-state index in [1.54, 1.807) is 0 Å². The van der Waals surface area contributed by atoms with Gasteiger partial charge in [-0.25, -0.2) is 4.98 Å². The molecule has 0 saturated heterocycles. The predicted molar refractivity (Wildman–Crippen MR) is 34.3 cm³/mol. The van der Waals surface area contributed by atoms with Crippen molar-refractivity contribution < 1.29 is 18.3 Å². The number of nitrogens with one attached hydrogen (secondary N) is 1. The van der Waals surface area contributed by atoms with Crippen LogP contribution in [0.1, 0.15) is 11.5 Å². The number of halogens is 3. The lowest BCUT2D eigenvalue weighted by Gasteiger charge is -2.01. The van der Waals surface area contributed by atoms with Crippen molar-refractivity contribution in [2.45, 2.75) is 19.2 Å². The number of aliphatic hydroxyl groups excluding tert-OH is 1. The summed E-state index contributed by atoms with van der Waals surface area (Å²) in [5, 5.41) is 8.50. The molecule has 0 atom stereocenters. The minimum Gasteiger partial charge on any atom is -0.390 e. The molecule has 0 saturated carbocycles. The molecule has 0 aliphatic carbocycles. The Morgan fingerprint density at radius 2 is 2.17 bits per heavy atom. The monoisotopic (exact) mass is 180 g/mol. The van der Waals surface area contributed by atoms with Crippen molar-refractivity contribution in [1.29, 1.82) is 0 Å². The average molecular weight is 180 g/mol. The van der Waals surface area contributed by atoms with E-state index in [0.717, 1.165) is 0 Å². The summed E-state index contributed by atoms with van der Waals surface area (Å²) >= 11 is 0. The van der Waals surface area contributed by atoms with Crippen LogP contribution in [-0.2, 0) is 13.0 Å². The van der Waals surface area contributed by atoms with Crippen molar-refractivity contribution in [2.75, 3.05) is 0 Å². The molecule has 0 unspecified atom stereocenters. The second kappa shape index (κ2) is 3.14. The molecule has 1 aromatic rings. The topological polar surface area (TPSA) is 48.9 Å². The van der Waals surface area contributed by atoms with Crippen LogP contribution in [0.5, 0.6) is 0 Å². The van der Waals surface area contributed by atoms with Gasteiger partial charge in [-0.05, 0) is 0 Å². The lowest BCUT2D eigenvalue weighted by Crippen LogP contribution is -2.12. The fraction of sp³-hybridized carbons (Fsp3) is 0.500. The van der Waals surface area contributed by atoms with Crippen molar-refractivity contribution >= 4 is 0 Å². The van der Waals surface area contributed by atoms with E-state index < -0.39 is 12.6 Å². The number of hydrogen-bond donors (Lipinski definition) is 2. The highest BCUT2D eigenvalue weighted by Crippen LogP contribution is 2.19. The number of nitrogens with zero attached hydrogens (tertiary/aromatic N) is 1. The molecule has 1 rings (SSSR count). The van der Waals surface area contributed by atoms with Crippen LogP contribution in [-0.4, -0.2) is 21.3 Å². The number of aromatic nitrogens is 2. The number of alkyl halides is 3. The fourth-order valence-electron chi connectivity index (χ4n) is 0.766. The summed E-state index contributed by atoms with van der Waals surface area (Å²) in [5.41, 5.74) is 0.286. The Labute approximate surface area is 66.2 Å². The quantitative estimate of drug-likeness (QED) is 0.713. The first-order valence-corrected chi connectivity index (χ1v) is 3.21. The van der Waals surface area contributed by atoms with E-state index in [9.17, 15) is 13.2 Å². The highest BCUT2D eigenvalue weighted by molar-refractivity contribution is 5.00. The second-order valence-electron chi connectivity index (χ2n) is 2.31. The lowest BCUT2D eigenvalue weighted by molar-refractivity contribution is -0.128. The van der Waals surface area contributed by atoms with Crippen LogP contribution >= 0.6 is 0 Å². The molecule has 0 spiro atoms. The summed E-state index contributed by atoms with van der Waals surface area (Å²) < 4.78 is 35.2. The van der Waals surface area contributed by atoms with Gasteiger partial charge in [-0.1, -0.05) is 0 Å². The van der Waals surface area contributed by atoms with Crippen LogP contribution in [0, 0.1) is 0 Å². The van der Waals surface area contributed by atoms with Gasteiger partial charge < -0.3 is 10.1 Å². The molecule has 0 bridgehead atoms. The van der Waals surface area contributed by atoms with Crippen molar-refractivity contribution in [2.24, 2.45) is 0 Å². The number of rotatable bonds is 2. The van der Waals surface area contributed by atoms with E-state index in [4.69, 9.17) is 5.11 Å². The molecule has 1 aromatic heterocycles. The largest absolute Gasteiger partial charge is 0.396 e. The standard InChI is InChI=1S/C6H7F3N2O/c7-6(8,9)1-5-10-2-4(3-12)11-5/h2,12H,1,3H2,(H,10,11). The third kappa shape index (κ3) is 2.54. The Kier molecular flexibility index (Phi) is 2.37. The van der Waals surface area contributed by atoms with Crippen LogP contribution in [0.15, 0.2) is 6.20 Å². The first kappa shape index (κ1) is 9.05. The van der Waals surface area contributed by atoms with Crippen LogP contribution in [0.2, 0.25) is 0 Å². The van der Waals surface area contributed by atoms with Crippen LogP contribution in [0.25, 0.3) is 0 Å². The Morgan fingerprint density at radius 1 is 1.50 bits per heavy atom. The van der Waals surface area contributed by atoms with Gasteiger partial charge in [0.15, 0.2) is 0 Å². The minimum absolute atomic E-state index is 0.174. The third-order valence-corrected chi connectivity index (χ3v) is 1.22. The predicted octanol–water partition coefficient (Wildman–Crippen LogP) is 1.01. The fourth-order valence-corrected chi connectivity index (χ4v) is 0.766. The van der Waals surface area contributed by atoms with Crippen molar-refractivity contribution in [3.8, 4) is 0 Å². The highest BCUT2D eigenvalue weighted by Gasteiger charge is 2.29. The normalized spacial score (nSPS) is 12.0. The Balaban J connectivity index is 2.64. The molecule has 0 radical (unpaired) electrons. The summed E-state index contributed by atoms with van der Waals surface area (Å²) in [6.07, 6.45) is -4.17. The molecule has 68 valence electrons. The molecular weight excluding hydrogens is 173 g/mol. The van der Waals surface area contributed by atoms with E-state index in [1.807, 2.05) is 0 Å². The molecule has 0 aliphatic heterocycles. The van der Waals surface area contributed by atoms with E-state index in [1.165, 1.54) is 6.20 Å². The minimum atomic E-state index is -4.26. The van der Waals surface area contributed by atoms with E-state index in [2.05, 4.69) is 9.97 Å². The second-order valence-corrected chi connectivity index (χ2v) is 2.31. The van der Waals surface area contributed by atoms with Gasteiger partial charge in [0.05, 0.1) is 18.5 Å². The van der Waals surface area contributed by atoms with Gasteiger partial charge in [-0.2, -0.15) is 13.2 Å². The van der Waals surface area contributed by atoms with Gasteiger partial charge in [-0.15, -0.1) is 0 Å². The molecule has 0 aliphatic rings. The Morgan fingerprint density at radius 3 is 2.58 bits per heavy atom. The number of aliphatic hydroxyl groups is 1. The van der Waals surface area contributed by atoms with Gasteiger partial charge in [0, 0.05) is 0 Å². The third-order valence-electron chi connectivity index (χ3n) is 1.22. The maximum atomic E-state index is 11.7. The molecule has 0 amide bonds. The molecular formula is C6H7F3N2O. The number of hydrogen-bond acceptors (Lipinski definition) is 2. The maximum Gasteiger partial charge on any atom is 0.396 e. The first-order valence-electron chi connectivity index (χ1n) is 3.21. The zero-order chi connectivity index (χ0) is 9.19. The van der Waals surface area contributed by atoms with E-state index in [0.29, 0.717) is 0 Å². The first-order chi connectivity index (χ1) is 5.51. The molecule has 2 N–H and O–H groups in total. The van der Waals surface area contributed by atoms with Crippen LogP contribution in [0.3, 0.4) is 0 Å². The van der Waals surface area contributed by atoms with Crippen LogP contribution in [0.4, 0.5) is 13.2 Å². The summed E-state index contributed by atoms with van der Waals surface area (Å²) in [4.78, 5) is 5.78. The Bertz CT molecular complexity index is 256. The van der Waals surface area contributed by atoms with Crippen LogP contribution < -0.4 is 0 Å². The maximum absolute atomic E-state index is 11.7. The summed E-state index contributed by atoms with van der Waals surface area (Å²) in [6, 6.07) is 0. The van der Waals surface area contributed by atoms with Gasteiger partial charge in [0.2, 0.25) is 0 Å². The SMILES string of the molecule is OCc1cnc(CC(F)(F)F)[nH]1. The molecule has 12 heavy (non-hydrogen) atoms. The van der Waals surface area contributed by atoms with E-state index >= 15 is 0 Å². The highest BCUT2D eigenvalue weighted by atomic mass is 19.4. The molecule has 0 aromatic carbocycles. The molecule has 6 heteroatoms.